The van der Waals surface area contributed by atoms with E-state index in [1.54, 1.807) is 38.3 Å². The fraction of sp³-hybridized carbons (Fsp3) is 0.364. The van der Waals surface area contributed by atoms with E-state index < -0.39 is 12.1 Å². The quantitative estimate of drug-likeness (QED) is 0.681. The lowest BCUT2D eigenvalue weighted by molar-refractivity contribution is -0.117. The molecular weight excluding hydrogens is 372 g/mol. The average molecular weight is 400 g/mol. The Bertz CT molecular complexity index is 834. The second-order valence-electron chi connectivity index (χ2n) is 7.11. The molecule has 0 spiro atoms. The van der Waals surface area contributed by atoms with Crippen molar-refractivity contribution in [2.24, 2.45) is 5.92 Å². The molecule has 0 radical (unpaired) electrons. The molecule has 2 aromatic rings. The molecule has 0 aliphatic carbocycles. The molecule has 2 aromatic carbocycles. The van der Waals surface area contributed by atoms with Crippen LogP contribution in [0.1, 0.15) is 26.3 Å². The third-order valence-corrected chi connectivity index (χ3v) is 4.02. The fourth-order valence-electron chi connectivity index (χ4n) is 2.33. The van der Waals surface area contributed by atoms with Crippen LogP contribution in [-0.4, -0.2) is 31.8 Å². The summed E-state index contributed by atoms with van der Waals surface area (Å²) in [5.74, 6) is 1.92. The molecule has 0 fully saturated rings. The normalized spacial score (nSPS) is 11.5. The SMILES string of the molecule is COc1ccc(C)c(Oc2ccc(NC(=O)[C@@H](C)NC(=O)OCC(C)C)cc2)c1. The summed E-state index contributed by atoms with van der Waals surface area (Å²) in [5.41, 5.74) is 1.57. The Morgan fingerprint density at radius 2 is 1.66 bits per heavy atom. The van der Waals surface area contributed by atoms with Crippen LogP contribution in [-0.2, 0) is 9.53 Å². The highest BCUT2D eigenvalue weighted by atomic mass is 16.5. The number of benzene rings is 2. The summed E-state index contributed by atoms with van der Waals surface area (Å²) >= 11 is 0. The van der Waals surface area contributed by atoms with Crippen molar-refractivity contribution in [3.63, 3.8) is 0 Å². The summed E-state index contributed by atoms with van der Waals surface area (Å²) in [7, 11) is 1.60. The summed E-state index contributed by atoms with van der Waals surface area (Å²) in [4.78, 5) is 23.9. The van der Waals surface area contributed by atoms with Crippen molar-refractivity contribution >= 4 is 17.7 Å². The molecule has 0 aliphatic rings. The number of anilines is 1. The van der Waals surface area contributed by atoms with E-state index in [2.05, 4.69) is 10.6 Å². The highest BCUT2D eigenvalue weighted by Gasteiger charge is 2.17. The third kappa shape index (κ3) is 7.03. The Balaban J connectivity index is 1.91. The van der Waals surface area contributed by atoms with Gasteiger partial charge in [0.15, 0.2) is 0 Å². The van der Waals surface area contributed by atoms with Gasteiger partial charge >= 0.3 is 6.09 Å². The van der Waals surface area contributed by atoms with E-state index >= 15 is 0 Å². The highest BCUT2D eigenvalue weighted by molar-refractivity contribution is 5.96. The fourth-order valence-corrected chi connectivity index (χ4v) is 2.33. The van der Waals surface area contributed by atoms with E-state index in [0.717, 1.165) is 5.56 Å². The van der Waals surface area contributed by atoms with Crippen molar-refractivity contribution in [3.8, 4) is 17.2 Å². The van der Waals surface area contributed by atoms with Gasteiger partial charge in [0, 0.05) is 11.8 Å². The Morgan fingerprint density at radius 1 is 1.00 bits per heavy atom. The molecule has 2 rings (SSSR count). The molecule has 1 atom stereocenters. The van der Waals surface area contributed by atoms with Gasteiger partial charge in [0.1, 0.15) is 23.3 Å². The van der Waals surface area contributed by atoms with Gasteiger partial charge in [-0.15, -0.1) is 0 Å². The van der Waals surface area contributed by atoms with E-state index in [9.17, 15) is 9.59 Å². The van der Waals surface area contributed by atoms with E-state index in [1.165, 1.54) is 0 Å². The molecule has 7 heteroatoms. The lowest BCUT2D eigenvalue weighted by Gasteiger charge is -2.15. The first-order valence-corrected chi connectivity index (χ1v) is 9.45. The van der Waals surface area contributed by atoms with Crippen LogP contribution < -0.4 is 20.1 Å². The molecule has 0 bridgehead atoms. The van der Waals surface area contributed by atoms with Crippen molar-refractivity contribution in [2.45, 2.75) is 33.7 Å². The molecule has 0 heterocycles. The highest BCUT2D eigenvalue weighted by Crippen LogP contribution is 2.29. The minimum absolute atomic E-state index is 0.228. The zero-order chi connectivity index (χ0) is 21.4. The smallest absolute Gasteiger partial charge is 0.407 e. The standard InChI is InChI=1S/C22H28N2O5/c1-14(2)13-28-22(26)23-16(4)21(25)24-17-7-10-18(11-8-17)29-20-12-19(27-5)9-6-15(20)3/h6-12,14,16H,13H2,1-5H3,(H,23,26)(H,24,25)/t16-/m1/s1. The molecule has 2 N–H and O–H groups in total. The van der Waals surface area contributed by atoms with Gasteiger partial charge in [-0.25, -0.2) is 4.79 Å². The summed E-state index contributed by atoms with van der Waals surface area (Å²) in [6, 6.07) is 11.8. The number of amides is 2. The Kier molecular flexibility index (Phi) is 7.88. The van der Waals surface area contributed by atoms with Gasteiger partial charge in [0.2, 0.25) is 5.91 Å². The predicted molar refractivity (Wildman–Crippen MR) is 112 cm³/mol. The van der Waals surface area contributed by atoms with Gasteiger partial charge in [-0.2, -0.15) is 0 Å². The van der Waals surface area contributed by atoms with Crippen LogP contribution in [0.5, 0.6) is 17.2 Å². The van der Waals surface area contributed by atoms with Crippen molar-refractivity contribution in [3.05, 3.63) is 48.0 Å². The molecule has 0 aliphatic heterocycles. The first kappa shape index (κ1) is 22.1. The minimum atomic E-state index is -0.731. The van der Waals surface area contributed by atoms with Gasteiger partial charge in [-0.3, -0.25) is 4.79 Å². The maximum absolute atomic E-state index is 12.3. The van der Waals surface area contributed by atoms with Crippen LogP contribution in [0.4, 0.5) is 10.5 Å². The Morgan fingerprint density at radius 3 is 2.28 bits per heavy atom. The van der Waals surface area contributed by atoms with Crippen molar-refractivity contribution in [1.82, 2.24) is 5.32 Å². The van der Waals surface area contributed by atoms with Crippen molar-refractivity contribution < 1.29 is 23.8 Å². The zero-order valence-corrected chi connectivity index (χ0v) is 17.4. The molecule has 0 saturated carbocycles. The summed E-state index contributed by atoms with van der Waals surface area (Å²) < 4.78 is 16.1. The number of rotatable bonds is 8. The van der Waals surface area contributed by atoms with E-state index in [-0.39, 0.29) is 11.8 Å². The number of methoxy groups -OCH3 is 1. The number of carbonyl (C=O) groups excluding carboxylic acids is 2. The molecule has 2 amide bonds. The monoisotopic (exact) mass is 400 g/mol. The van der Waals surface area contributed by atoms with Gasteiger partial charge in [-0.1, -0.05) is 19.9 Å². The van der Waals surface area contributed by atoms with Crippen LogP contribution in [0, 0.1) is 12.8 Å². The molecule has 7 nitrogen and oxygen atoms in total. The Hall–Kier alpha value is -3.22. The lowest BCUT2D eigenvalue weighted by Crippen LogP contribution is -2.42. The van der Waals surface area contributed by atoms with Crippen molar-refractivity contribution in [1.29, 1.82) is 0 Å². The van der Waals surface area contributed by atoms with Gasteiger partial charge in [-0.05, 0) is 55.7 Å². The predicted octanol–water partition coefficient (Wildman–Crippen LogP) is 4.51. The van der Waals surface area contributed by atoms with Crippen molar-refractivity contribution in [2.75, 3.05) is 19.0 Å². The van der Waals surface area contributed by atoms with Crippen LogP contribution in [0.25, 0.3) is 0 Å². The summed E-state index contributed by atoms with van der Waals surface area (Å²) in [6.45, 7) is 7.71. The number of carbonyl (C=O) groups is 2. The number of nitrogens with one attached hydrogen (secondary N) is 2. The lowest BCUT2D eigenvalue weighted by atomic mass is 10.2. The van der Waals surface area contributed by atoms with E-state index in [4.69, 9.17) is 14.2 Å². The first-order valence-electron chi connectivity index (χ1n) is 9.45. The first-order chi connectivity index (χ1) is 13.8. The molecule has 29 heavy (non-hydrogen) atoms. The summed E-state index contributed by atoms with van der Waals surface area (Å²) in [5, 5.41) is 5.25. The largest absolute Gasteiger partial charge is 0.497 e. The van der Waals surface area contributed by atoms with Crippen LogP contribution in [0.3, 0.4) is 0 Å². The van der Waals surface area contributed by atoms with Gasteiger partial charge < -0.3 is 24.8 Å². The zero-order valence-electron chi connectivity index (χ0n) is 17.4. The molecule has 156 valence electrons. The van der Waals surface area contributed by atoms with Crippen LogP contribution in [0.2, 0.25) is 0 Å². The maximum atomic E-state index is 12.3. The average Bonchev–Trinajstić information content (AvgIpc) is 2.69. The molecule has 0 saturated heterocycles. The molecular formula is C22H28N2O5. The number of hydrogen-bond acceptors (Lipinski definition) is 5. The van der Waals surface area contributed by atoms with Crippen LogP contribution in [0.15, 0.2) is 42.5 Å². The minimum Gasteiger partial charge on any atom is -0.497 e. The topological polar surface area (TPSA) is 85.9 Å². The number of ether oxygens (including phenoxy) is 3. The second kappa shape index (κ2) is 10.4. The maximum Gasteiger partial charge on any atom is 0.407 e. The number of aryl methyl sites for hydroxylation is 1. The van der Waals surface area contributed by atoms with Gasteiger partial charge in [0.05, 0.1) is 13.7 Å². The van der Waals surface area contributed by atoms with Crippen LogP contribution >= 0.6 is 0 Å². The van der Waals surface area contributed by atoms with Gasteiger partial charge in [0.25, 0.3) is 0 Å². The molecule has 0 unspecified atom stereocenters. The van der Waals surface area contributed by atoms with E-state index in [0.29, 0.717) is 29.5 Å². The molecule has 0 aromatic heterocycles. The summed E-state index contributed by atoms with van der Waals surface area (Å²) in [6.07, 6.45) is -0.612. The Labute approximate surface area is 171 Å². The second-order valence-corrected chi connectivity index (χ2v) is 7.11. The number of hydrogen-bond donors (Lipinski definition) is 2. The number of alkyl carbamates (subject to hydrolysis) is 1. The van der Waals surface area contributed by atoms with E-state index in [1.807, 2.05) is 39.0 Å². The third-order valence-electron chi connectivity index (χ3n) is 4.02.